The Kier molecular flexibility index (Phi) is 8.19. The van der Waals surface area contributed by atoms with Crippen molar-refractivity contribution in [1.82, 2.24) is 4.90 Å². The van der Waals surface area contributed by atoms with Gasteiger partial charge in [0.05, 0.1) is 24.5 Å². The number of rotatable bonds is 9. The Balaban J connectivity index is 1.44. The van der Waals surface area contributed by atoms with Crippen molar-refractivity contribution in [2.24, 2.45) is 17.8 Å². The number of carbonyl (C=O) groups is 2. The second-order valence-corrected chi connectivity index (χ2v) is 11.0. The zero-order valence-corrected chi connectivity index (χ0v) is 23.1. The van der Waals surface area contributed by atoms with Crippen LogP contribution in [0.25, 0.3) is 22.4 Å². The van der Waals surface area contributed by atoms with Gasteiger partial charge in [-0.25, -0.2) is 0 Å². The van der Waals surface area contributed by atoms with E-state index in [2.05, 4.69) is 6.08 Å². The van der Waals surface area contributed by atoms with Crippen LogP contribution in [0.5, 0.6) is 5.75 Å². The molecule has 6 heteroatoms. The first-order chi connectivity index (χ1) is 19.3. The summed E-state index contributed by atoms with van der Waals surface area (Å²) in [6.45, 7) is 3.94. The number of nitrogens with zero attached hydrogens (tertiary/aromatic N) is 1. The SMILES string of the molecule is CCCN1C(=O)[C@@H]2[C@@H](CC(C)=C([C@H](O)CC/C(=C/c3ccc(O)c4ccccc34)c3ccccc3)[C@@H]2CO)C1=O. The molecule has 0 saturated carbocycles. The van der Waals surface area contributed by atoms with Gasteiger partial charge in [-0.3, -0.25) is 14.5 Å². The number of carbonyl (C=O) groups excluding carboxylic acids is 2. The summed E-state index contributed by atoms with van der Waals surface area (Å²) >= 11 is 0. The Labute approximate surface area is 235 Å². The fourth-order valence-electron chi connectivity index (χ4n) is 6.65. The molecule has 40 heavy (non-hydrogen) atoms. The van der Waals surface area contributed by atoms with Gasteiger partial charge in [-0.1, -0.05) is 79.2 Å². The van der Waals surface area contributed by atoms with Crippen LogP contribution >= 0.6 is 0 Å². The molecule has 3 N–H and O–H groups in total. The Hall–Kier alpha value is -3.74. The predicted molar refractivity (Wildman–Crippen MR) is 157 cm³/mol. The van der Waals surface area contributed by atoms with Gasteiger partial charge in [0.25, 0.3) is 0 Å². The fourth-order valence-corrected chi connectivity index (χ4v) is 6.65. The summed E-state index contributed by atoms with van der Waals surface area (Å²) in [5.74, 6) is -1.80. The molecule has 4 atom stereocenters. The molecule has 0 bridgehead atoms. The van der Waals surface area contributed by atoms with E-state index in [9.17, 15) is 24.9 Å². The first kappa shape index (κ1) is 27.8. The van der Waals surface area contributed by atoms with Crippen molar-refractivity contribution in [1.29, 1.82) is 0 Å². The summed E-state index contributed by atoms with van der Waals surface area (Å²) in [5.41, 5.74) is 4.63. The van der Waals surface area contributed by atoms with E-state index in [0.717, 1.165) is 33.0 Å². The second kappa shape index (κ2) is 11.8. The number of hydrogen-bond acceptors (Lipinski definition) is 5. The van der Waals surface area contributed by atoms with Gasteiger partial charge in [0.15, 0.2) is 0 Å². The zero-order chi connectivity index (χ0) is 28.4. The molecule has 1 saturated heterocycles. The lowest BCUT2D eigenvalue weighted by Crippen LogP contribution is -2.38. The maximum absolute atomic E-state index is 13.2. The summed E-state index contributed by atoms with van der Waals surface area (Å²) in [6.07, 6.45) is 3.32. The van der Waals surface area contributed by atoms with E-state index in [1.807, 2.05) is 74.5 Å². The van der Waals surface area contributed by atoms with Crippen molar-refractivity contribution in [3.63, 3.8) is 0 Å². The number of imide groups is 1. The number of phenols is 1. The molecule has 3 aromatic carbocycles. The molecule has 0 spiro atoms. The van der Waals surface area contributed by atoms with Crippen LogP contribution < -0.4 is 0 Å². The third-order valence-electron chi connectivity index (χ3n) is 8.52. The maximum Gasteiger partial charge on any atom is 0.233 e. The largest absolute Gasteiger partial charge is 0.507 e. The summed E-state index contributed by atoms with van der Waals surface area (Å²) < 4.78 is 0. The number of aliphatic hydroxyl groups excluding tert-OH is 2. The molecule has 0 radical (unpaired) electrons. The van der Waals surface area contributed by atoms with Crippen molar-refractivity contribution in [2.75, 3.05) is 13.2 Å². The van der Waals surface area contributed by atoms with Crippen molar-refractivity contribution >= 4 is 34.2 Å². The van der Waals surface area contributed by atoms with E-state index < -0.39 is 23.9 Å². The van der Waals surface area contributed by atoms with Crippen LogP contribution in [0.1, 0.15) is 50.7 Å². The summed E-state index contributed by atoms with van der Waals surface area (Å²) in [4.78, 5) is 27.6. The molecule has 5 rings (SSSR count). The summed E-state index contributed by atoms with van der Waals surface area (Å²) in [7, 11) is 0. The quantitative estimate of drug-likeness (QED) is 0.188. The van der Waals surface area contributed by atoms with Gasteiger partial charge in [0.1, 0.15) is 5.75 Å². The number of allylic oxidation sites excluding steroid dienone is 2. The van der Waals surface area contributed by atoms with Crippen LogP contribution in [0.2, 0.25) is 0 Å². The smallest absolute Gasteiger partial charge is 0.233 e. The number of likely N-dealkylation sites (tertiary alicyclic amines) is 1. The van der Waals surface area contributed by atoms with E-state index >= 15 is 0 Å². The molecule has 0 unspecified atom stereocenters. The Morgan fingerprint density at radius 3 is 2.40 bits per heavy atom. The monoisotopic (exact) mass is 539 g/mol. The van der Waals surface area contributed by atoms with Crippen molar-refractivity contribution in [3.8, 4) is 5.75 Å². The predicted octanol–water partition coefficient (Wildman–Crippen LogP) is 5.57. The fraction of sp³-hybridized carbons (Fsp3) is 0.353. The standard InChI is InChI=1S/C34H37NO5/c1-3-17-35-33(39)27-18-21(2)31(28(20-36)32(27)34(35)40)30(38)16-13-23(22-9-5-4-6-10-22)19-24-14-15-29(37)26-12-8-7-11-25(24)26/h4-12,14-15,19,27-28,30,32,36-38H,3,13,16-18,20H2,1-2H3/b23-19-/t27-,28+,30-,32-/m1/s1. The van der Waals surface area contributed by atoms with Crippen LogP contribution in [0.15, 0.2) is 77.9 Å². The second-order valence-electron chi connectivity index (χ2n) is 11.0. The molecular weight excluding hydrogens is 502 g/mol. The first-order valence-corrected chi connectivity index (χ1v) is 14.2. The molecule has 3 aromatic rings. The molecule has 1 heterocycles. The van der Waals surface area contributed by atoms with Crippen molar-refractivity contribution in [3.05, 3.63) is 89.0 Å². The van der Waals surface area contributed by atoms with Gasteiger partial charge in [-0.2, -0.15) is 0 Å². The molecule has 208 valence electrons. The number of phenolic OH excluding ortho intramolecular Hbond substituents is 1. The minimum Gasteiger partial charge on any atom is -0.507 e. The number of benzene rings is 3. The molecule has 1 fully saturated rings. The van der Waals surface area contributed by atoms with Crippen LogP contribution in [0.3, 0.4) is 0 Å². The van der Waals surface area contributed by atoms with Crippen LogP contribution in [0, 0.1) is 17.8 Å². The molecule has 1 aliphatic heterocycles. The lowest BCUT2D eigenvalue weighted by molar-refractivity contribution is -0.140. The molecular formula is C34H37NO5. The van der Waals surface area contributed by atoms with Gasteiger partial charge in [-0.05, 0) is 66.3 Å². The van der Waals surface area contributed by atoms with Crippen molar-refractivity contribution < 1.29 is 24.9 Å². The molecule has 2 amide bonds. The average molecular weight is 540 g/mol. The average Bonchev–Trinajstić information content (AvgIpc) is 3.20. The third kappa shape index (κ3) is 5.09. The van der Waals surface area contributed by atoms with E-state index in [1.54, 1.807) is 6.07 Å². The molecule has 6 nitrogen and oxygen atoms in total. The lowest BCUT2D eigenvalue weighted by atomic mass is 9.68. The van der Waals surface area contributed by atoms with E-state index in [1.165, 1.54) is 4.90 Å². The van der Waals surface area contributed by atoms with Crippen LogP contribution in [-0.4, -0.2) is 51.3 Å². The Morgan fingerprint density at radius 2 is 1.70 bits per heavy atom. The normalized spacial score (nSPS) is 22.2. The summed E-state index contributed by atoms with van der Waals surface area (Å²) in [6, 6.07) is 21.3. The summed E-state index contributed by atoms with van der Waals surface area (Å²) in [5, 5.41) is 34.0. The number of aliphatic hydroxyl groups is 2. The topological polar surface area (TPSA) is 98.1 Å². The van der Waals surface area contributed by atoms with Gasteiger partial charge in [-0.15, -0.1) is 0 Å². The van der Waals surface area contributed by atoms with E-state index in [-0.39, 0.29) is 24.2 Å². The Bertz CT molecular complexity index is 1470. The minimum absolute atomic E-state index is 0.154. The Morgan fingerprint density at radius 1 is 1.00 bits per heavy atom. The maximum atomic E-state index is 13.2. The van der Waals surface area contributed by atoms with Gasteiger partial charge in [0.2, 0.25) is 11.8 Å². The highest BCUT2D eigenvalue weighted by Gasteiger charge is 2.54. The third-order valence-corrected chi connectivity index (χ3v) is 8.52. The minimum atomic E-state index is -0.857. The van der Waals surface area contributed by atoms with E-state index in [0.29, 0.717) is 37.8 Å². The highest BCUT2D eigenvalue weighted by atomic mass is 16.3. The number of fused-ring (bicyclic) bond motifs is 2. The van der Waals surface area contributed by atoms with Gasteiger partial charge < -0.3 is 15.3 Å². The van der Waals surface area contributed by atoms with Crippen molar-refractivity contribution in [2.45, 2.75) is 45.6 Å². The molecule has 1 aliphatic carbocycles. The highest BCUT2D eigenvalue weighted by molar-refractivity contribution is 6.06. The number of hydrogen-bond donors (Lipinski definition) is 3. The molecule has 2 aliphatic rings. The molecule has 0 aromatic heterocycles. The number of amides is 2. The van der Waals surface area contributed by atoms with Crippen LogP contribution in [0.4, 0.5) is 0 Å². The number of aromatic hydroxyl groups is 1. The van der Waals surface area contributed by atoms with Crippen LogP contribution in [-0.2, 0) is 9.59 Å². The zero-order valence-electron chi connectivity index (χ0n) is 23.1. The van der Waals surface area contributed by atoms with Gasteiger partial charge in [0, 0.05) is 17.8 Å². The lowest BCUT2D eigenvalue weighted by Gasteiger charge is -2.35. The first-order valence-electron chi connectivity index (χ1n) is 14.2. The highest BCUT2D eigenvalue weighted by Crippen LogP contribution is 2.46. The van der Waals surface area contributed by atoms with E-state index in [4.69, 9.17) is 0 Å². The van der Waals surface area contributed by atoms with Gasteiger partial charge >= 0.3 is 0 Å².